The minimum absolute atomic E-state index is 0.276. The first kappa shape index (κ1) is 44.0. The summed E-state index contributed by atoms with van der Waals surface area (Å²) in [6, 6.07) is 1.51. The van der Waals surface area contributed by atoms with Crippen molar-refractivity contribution >= 4 is 62.6 Å². The molecule has 0 saturated carbocycles. The van der Waals surface area contributed by atoms with Gasteiger partial charge in [0.2, 0.25) is 0 Å². The summed E-state index contributed by atoms with van der Waals surface area (Å²) in [6.07, 6.45) is 2.23. The standard InChI is InChI=1S/C29H68O9Si6/c1-18-29(4,25-28(2,3)26(30)33-21-19-23-40(8,9)32)27(31)34-22-20-24-41(10,11)36-43(14,15)38-44(16,17)37-42(12,13)35-39(5,6)7/h32H,18-25H2,1-17H3. The minimum atomic E-state index is -2.50. The van der Waals surface area contributed by atoms with Gasteiger partial charge in [0.25, 0.3) is 0 Å². The molecule has 262 valence electrons. The van der Waals surface area contributed by atoms with Crippen molar-refractivity contribution in [3.05, 3.63) is 0 Å². The maximum Gasteiger partial charge on any atom is 0.314 e. The third-order valence-electron chi connectivity index (χ3n) is 7.04. The van der Waals surface area contributed by atoms with Gasteiger partial charge in [-0.15, -0.1) is 0 Å². The lowest BCUT2D eigenvalue weighted by Crippen LogP contribution is -2.58. The summed E-state index contributed by atoms with van der Waals surface area (Å²) < 4.78 is 37.6. The van der Waals surface area contributed by atoms with Crippen LogP contribution in [0.1, 0.15) is 53.4 Å². The summed E-state index contributed by atoms with van der Waals surface area (Å²) in [5, 5.41) is 0. The van der Waals surface area contributed by atoms with Crippen molar-refractivity contribution in [2.75, 3.05) is 13.2 Å². The average molecular weight is 729 g/mol. The number of hydrogen-bond donors (Lipinski definition) is 1. The van der Waals surface area contributed by atoms with Gasteiger partial charge in [0.15, 0.2) is 25.0 Å². The molecule has 1 atom stereocenters. The lowest BCUT2D eigenvalue weighted by atomic mass is 9.72. The molecular formula is C29H68O9Si6. The Morgan fingerprint density at radius 1 is 0.614 bits per heavy atom. The van der Waals surface area contributed by atoms with Gasteiger partial charge in [-0.2, -0.15) is 0 Å². The van der Waals surface area contributed by atoms with Crippen LogP contribution in [0, 0.1) is 10.8 Å². The van der Waals surface area contributed by atoms with E-state index >= 15 is 0 Å². The van der Waals surface area contributed by atoms with Gasteiger partial charge in [-0.1, -0.05) is 6.92 Å². The first-order chi connectivity index (χ1) is 19.4. The molecule has 9 nitrogen and oxygen atoms in total. The molecule has 1 N–H and O–H groups in total. The average Bonchev–Trinajstić information content (AvgIpc) is 2.73. The smallest absolute Gasteiger partial charge is 0.314 e. The highest BCUT2D eigenvalue weighted by Crippen LogP contribution is 2.39. The summed E-state index contributed by atoms with van der Waals surface area (Å²) in [4.78, 5) is 36.1. The molecule has 0 spiro atoms. The molecule has 0 fully saturated rings. The second-order valence-corrected chi connectivity index (χ2v) is 40.8. The first-order valence-electron chi connectivity index (χ1n) is 16.2. The molecule has 0 radical (unpaired) electrons. The molecule has 0 saturated heterocycles. The molecule has 0 aliphatic carbocycles. The van der Waals surface area contributed by atoms with E-state index < -0.39 is 61.5 Å². The molecule has 0 aromatic carbocycles. The fourth-order valence-electron chi connectivity index (χ4n) is 5.79. The van der Waals surface area contributed by atoms with E-state index in [1.54, 1.807) is 0 Å². The van der Waals surface area contributed by atoms with Crippen LogP contribution in [0.15, 0.2) is 0 Å². The van der Waals surface area contributed by atoms with Crippen LogP contribution >= 0.6 is 0 Å². The number of hydrogen-bond acceptors (Lipinski definition) is 9. The Hall–Kier alpha value is 0.0413. The van der Waals surface area contributed by atoms with Crippen LogP contribution in [0.3, 0.4) is 0 Å². The van der Waals surface area contributed by atoms with Crippen LogP contribution in [0.25, 0.3) is 0 Å². The Labute approximate surface area is 276 Å². The molecule has 44 heavy (non-hydrogen) atoms. The van der Waals surface area contributed by atoms with E-state index in [9.17, 15) is 14.4 Å². The van der Waals surface area contributed by atoms with E-state index in [1.807, 2.05) is 40.8 Å². The third kappa shape index (κ3) is 19.0. The van der Waals surface area contributed by atoms with Crippen molar-refractivity contribution in [3.8, 4) is 0 Å². The molecule has 1 unspecified atom stereocenters. The number of esters is 2. The van der Waals surface area contributed by atoms with Crippen molar-refractivity contribution in [3.63, 3.8) is 0 Å². The zero-order chi connectivity index (χ0) is 35.1. The van der Waals surface area contributed by atoms with E-state index in [0.717, 1.165) is 6.04 Å². The number of ether oxygens (including phenoxy) is 2. The minimum Gasteiger partial charge on any atom is -0.465 e. The van der Waals surface area contributed by atoms with Gasteiger partial charge >= 0.3 is 37.6 Å². The summed E-state index contributed by atoms with van der Waals surface area (Å²) in [5.74, 6) is -0.614. The monoisotopic (exact) mass is 728 g/mol. The largest absolute Gasteiger partial charge is 0.465 e. The van der Waals surface area contributed by atoms with Crippen LogP contribution in [-0.2, 0) is 35.5 Å². The van der Waals surface area contributed by atoms with Gasteiger partial charge in [0, 0.05) is 0 Å². The van der Waals surface area contributed by atoms with Crippen molar-refractivity contribution < 1.29 is 40.3 Å². The maximum atomic E-state index is 13.2. The zero-order valence-corrected chi connectivity index (χ0v) is 37.4. The molecule has 15 heteroatoms. The quantitative estimate of drug-likeness (QED) is 0.0713. The summed E-state index contributed by atoms with van der Waals surface area (Å²) in [5.41, 5.74) is -1.64. The van der Waals surface area contributed by atoms with Crippen LogP contribution in [-0.4, -0.2) is 80.6 Å². The third-order valence-corrected chi connectivity index (χ3v) is 26.6. The fraction of sp³-hybridized carbons (Fsp3) is 0.931. The summed E-state index contributed by atoms with van der Waals surface area (Å²) in [6.45, 7) is 35.2. The summed E-state index contributed by atoms with van der Waals surface area (Å²) in [7, 11) is -13.3. The van der Waals surface area contributed by atoms with Gasteiger partial charge < -0.3 is 30.7 Å². The lowest BCUT2D eigenvalue weighted by Gasteiger charge is -2.42. The van der Waals surface area contributed by atoms with Crippen molar-refractivity contribution in [2.45, 2.75) is 151 Å². The Morgan fingerprint density at radius 2 is 1.02 bits per heavy atom. The Kier molecular flexibility index (Phi) is 16.4. The van der Waals surface area contributed by atoms with Crippen LogP contribution < -0.4 is 0 Å². The van der Waals surface area contributed by atoms with E-state index in [0.29, 0.717) is 38.3 Å². The predicted octanol–water partition coefficient (Wildman–Crippen LogP) is 8.09. The van der Waals surface area contributed by atoms with Crippen LogP contribution in [0.4, 0.5) is 0 Å². The Morgan fingerprint density at radius 3 is 1.45 bits per heavy atom. The lowest BCUT2D eigenvalue weighted by molar-refractivity contribution is -0.163. The van der Waals surface area contributed by atoms with E-state index in [2.05, 4.69) is 72.0 Å². The molecule has 0 aromatic heterocycles. The van der Waals surface area contributed by atoms with Gasteiger partial charge in [-0.25, -0.2) is 0 Å². The highest BCUT2D eigenvalue weighted by Gasteiger charge is 2.46. The van der Waals surface area contributed by atoms with Crippen LogP contribution in [0.5, 0.6) is 0 Å². The molecule has 0 aliphatic heterocycles. The number of carbonyl (C=O) groups is 2. The summed E-state index contributed by atoms with van der Waals surface area (Å²) >= 11 is 0. The molecule has 0 aliphatic rings. The highest BCUT2D eigenvalue weighted by atomic mass is 28.5. The second-order valence-electron chi connectivity index (χ2n) is 16.7. The van der Waals surface area contributed by atoms with E-state index in [-0.39, 0.29) is 18.5 Å². The SMILES string of the molecule is CCC(C)(CC(C)(C)C(=O)OCCC[Si](C)(C)O)C(=O)OCCC[Si](C)(C)O[Si](C)(C)O[Si](C)(C)O[Si](C)(C)O[Si](C)(C)C. The maximum absolute atomic E-state index is 13.2. The van der Waals surface area contributed by atoms with E-state index in [4.69, 9.17) is 25.9 Å². The number of rotatable bonds is 21. The fourth-order valence-corrected chi connectivity index (χ4v) is 30.5. The zero-order valence-electron chi connectivity index (χ0n) is 31.4. The normalized spacial score (nSPS) is 15.6. The Balaban J connectivity index is 5.00. The molecular weight excluding hydrogens is 661 g/mol. The second kappa shape index (κ2) is 16.4. The molecule has 0 bridgehead atoms. The van der Waals surface area contributed by atoms with Crippen molar-refractivity contribution in [1.29, 1.82) is 0 Å². The topological polar surface area (TPSA) is 110 Å². The van der Waals surface area contributed by atoms with Crippen LogP contribution in [0.2, 0.25) is 97.2 Å². The number of carbonyl (C=O) groups excluding carboxylic acids is 2. The first-order valence-corrected chi connectivity index (χ1v) is 34.4. The molecule has 0 aromatic rings. The van der Waals surface area contributed by atoms with Crippen molar-refractivity contribution in [2.24, 2.45) is 10.8 Å². The molecule has 0 heterocycles. The predicted molar refractivity (Wildman–Crippen MR) is 195 cm³/mol. The molecule has 0 amide bonds. The van der Waals surface area contributed by atoms with Gasteiger partial charge in [-0.3, -0.25) is 9.59 Å². The van der Waals surface area contributed by atoms with Gasteiger partial charge in [0.05, 0.1) is 24.0 Å². The van der Waals surface area contributed by atoms with Crippen molar-refractivity contribution in [1.82, 2.24) is 0 Å². The highest BCUT2D eigenvalue weighted by molar-refractivity contribution is 6.90. The Bertz CT molecular complexity index is 927. The molecule has 0 rings (SSSR count). The van der Waals surface area contributed by atoms with Gasteiger partial charge in [-0.05, 0) is 144 Å². The van der Waals surface area contributed by atoms with E-state index in [1.165, 1.54) is 0 Å². The van der Waals surface area contributed by atoms with Gasteiger partial charge in [0.1, 0.15) is 0 Å².